The molecule has 0 saturated carbocycles. The highest BCUT2D eigenvalue weighted by Crippen LogP contribution is 2.37. The Morgan fingerprint density at radius 3 is 2.54 bits per heavy atom. The lowest BCUT2D eigenvalue weighted by atomic mass is 9.90. The molecule has 1 fully saturated rings. The van der Waals surface area contributed by atoms with E-state index < -0.39 is 21.7 Å². The zero-order valence-electron chi connectivity index (χ0n) is 13.3. The molecule has 1 saturated heterocycles. The van der Waals surface area contributed by atoms with E-state index in [1.807, 2.05) is 0 Å². The Hall–Kier alpha value is -2.38. The number of nitrogens with zero attached hydrogens (tertiary/aromatic N) is 1. The standard InChI is InChI=1S/C18H12ClFN2O3S/c19-12-3-6-14-10(7-12)8-22(15(14)23)9-18(16(24)26-17(25)21-18)11-1-4-13(20)5-2-11/h1-7H,8-9H2,(H,21,25). The smallest absolute Gasteiger partial charge is 0.287 e. The fraction of sp³-hybridized carbons (Fsp3) is 0.167. The van der Waals surface area contributed by atoms with Crippen molar-refractivity contribution in [2.24, 2.45) is 0 Å². The summed E-state index contributed by atoms with van der Waals surface area (Å²) in [5.74, 6) is -0.690. The monoisotopic (exact) mass is 390 g/mol. The van der Waals surface area contributed by atoms with Crippen molar-refractivity contribution in [1.29, 1.82) is 0 Å². The number of hydrogen-bond acceptors (Lipinski definition) is 4. The summed E-state index contributed by atoms with van der Waals surface area (Å²) < 4.78 is 13.3. The molecule has 0 aliphatic carbocycles. The third-order valence-corrected chi connectivity index (χ3v) is 5.62. The van der Waals surface area contributed by atoms with Crippen LogP contribution in [0, 0.1) is 5.82 Å². The highest BCUT2D eigenvalue weighted by molar-refractivity contribution is 8.26. The summed E-state index contributed by atoms with van der Waals surface area (Å²) in [7, 11) is 0. The van der Waals surface area contributed by atoms with Crippen molar-refractivity contribution in [2.45, 2.75) is 12.1 Å². The molecule has 0 spiro atoms. The minimum absolute atomic E-state index is 0.0403. The summed E-state index contributed by atoms with van der Waals surface area (Å²) >= 11 is 6.55. The van der Waals surface area contributed by atoms with E-state index >= 15 is 0 Å². The Kier molecular flexibility index (Phi) is 4.00. The molecule has 1 atom stereocenters. The highest BCUT2D eigenvalue weighted by Gasteiger charge is 2.51. The number of carbonyl (C=O) groups is 3. The van der Waals surface area contributed by atoms with E-state index in [-0.39, 0.29) is 19.0 Å². The minimum atomic E-state index is -1.41. The van der Waals surface area contributed by atoms with Gasteiger partial charge in [0, 0.05) is 28.9 Å². The van der Waals surface area contributed by atoms with E-state index in [9.17, 15) is 18.8 Å². The van der Waals surface area contributed by atoms with Crippen LogP contribution in [0.3, 0.4) is 0 Å². The van der Waals surface area contributed by atoms with Gasteiger partial charge in [0.25, 0.3) is 11.1 Å². The van der Waals surface area contributed by atoms with Gasteiger partial charge in [-0.1, -0.05) is 23.7 Å². The average Bonchev–Trinajstić information content (AvgIpc) is 3.05. The summed E-state index contributed by atoms with van der Waals surface area (Å²) in [5.41, 5.74) is 0.315. The van der Waals surface area contributed by atoms with Crippen LogP contribution in [-0.4, -0.2) is 27.7 Å². The van der Waals surface area contributed by atoms with Crippen molar-refractivity contribution in [3.05, 3.63) is 70.0 Å². The summed E-state index contributed by atoms with van der Waals surface area (Å²) in [6.07, 6.45) is 0. The number of thioether (sulfide) groups is 1. The van der Waals surface area contributed by atoms with Crippen LogP contribution in [0.25, 0.3) is 0 Å². The number of carbonyl (C=O) groups excluding carboxylic acids is 3. The maximum absolute atomic E-state index is 13.3. The lowest BCUT2D eigenvalue weighted by Crippen LogP contribution is -2.52. The first-order valence-electron chi connectivity index (χ1n) is 7.77. The molecule has 5 nitrogen and oxygen atoms in total. The van der Waals surface area contributed by atoms with Crippen molar-refractivity contribution >= 4 is 39.6 Å². The van der Waals surface area contributed by atoms with Gasteiger partial charge in [0.2, 0.25) is 5.12 Å². The summed E-state index contributed by atoms with van der Waals surface area (Å²) in [4.78, 5) is 38.7. The van der Waals surface area contributed by atoms with Gasteiger partial charge in [-0.2, -0.15) is 0 Å². The number of fused-ring (bicyclic) bond motifs is 1. The van der Waals surface area contributed by atoms with Gasteiger partial charge in [-0.3, -0.25) is 14.4 Å². The third-order valence-electron chi connectivity index (χ3n) is 4.56. The highest BCUT2D eigenvalue weighted by atomic mass is 35.5. The number of hydrogen-bond donors (Lipinski definition) is 1. The molecule has 4 rings (SSSR count). The SMILES string of the molecule is O=C1NC(CN2Cc3cc(Cl)ccc3C2=O)(c2ccc(F)cc2)C(=O)S1. The Morgan fingerprint density at radius 1 is 1.15 bits per heavy atom. The van der Waals surface area contributed by atoms with Crippen LogP contribution in [0.15, 0.2) is 42.5 Å². The summed E-state index contributed by atoms with van der Waals surface area (Å²) in [6.45, 7) is 0.243. The van der Waals surface area contributed by atoms with Crippen LogP contribution >= 0.6 is 23.4 Å². The van der Waals surface area contributed by atoms with Crippen LogP contribution in [0.2, 0.25) is 5.02 Å². The first-order valence-corrected chi connectivity index (χ1v) is 8.97. The molecule has 1 N–H and O–H groups in total. The Balaban J connectivity index is 1.71. The van der Waals surface area contributed by atoms with Gasteiger partial charge in [0.1, 0.15) is 5.82 Å². The van der Waals surface area contributed by atoms with Gasteiger partial charge in [-0.25, -0.2) is 4.39 Å². The maximum Gasteiger partial charge on any atom is 0.287 e. The molecule has 2 aromatic carbocycles. The lowest BCUT2D eigenvalue weighted by Gasteiger charge is -2.31. The second kappa shape index (κ2) is 6.10. The topological polar surface area (TPSA) is 66.5 Å². The molecular weight excluding hydrogens is 379 g/mol. The van der Waals surface area contributed by atoms with Gasteiger partial charge in [0.15, 0.2) is 5.54 Å². The molecule has 0 radical (unpaired) electrons. The normalized spacial score (nSPS) is 21.9. The molecule has 2 heterocycles. The summed E-state index contributed by atoms with van der Waals surface area (Å²) in [6, 6.07) is 10.3. The Morgan fingerprint density at radius 2 is 1.88 bits per heavy atom. The number of amides is 2. The van der Waals surface area contributed by atoms with E-state index in [0.29, 0.717) is 27.9 Å². The first-order chi connectivity index (χ1) is 12.4. The maximum atomic E-state index is 13.3. The van der Waals surface area contributed by atoms with Crippen LogP contribution in [-0.2, 0) is 16.9 Å². The second-order valence-electron chi connectivity index (χ2n) is 6.18. The molecular formula is C18H12ClFN2O3S. The molecule has 0 bridgehead atoms. The number of benzene rings is 2. The molecule has 2 aliphatic heterocycles. The minimum Gasteiger partial charge on any atom is -0.331 e. The van der Waals surface area contributed by atoms with E-state index in [1.54, 1.807) is 18.2 Å². The molecule has 2 aliphatic rings. The fourth-order valence-electron chi connectivity index (χ4n) is 3.31. The molecule has 2 amide bonds. The van der Waals surface area contributed by atoms with Crippen molar-refractivity contribution in [1.82, 2.24) is 10.2 Å². The second-order valence-corrected chi connectivity index (χ2v) is 7.56. The lowest BCUT2D eigenvalue weighted by molar-refractivity contribution is -0.116. The van der Waals surface area contributed by atoms with Gasteiger partial charge < -0.3 is 10.2 Å². The predicted octanol–water partition coefficient (Wildman–Crippen LogP) is 3.31. The molecule has 26 heavy (non-hydrogen) atoms. The van der Waals surface area contributed by atoms with E-state index in [4.69, 9.17) is 11.6 Å². The number of nitrogens with one attached hydrogen (secondary N) is 1. The van der Waals surface area contributed by atoms with Crippen LogP contribution in [0.4, 0.5) is 9.18 Å². The number of halogens is 2. The van der Waals surface area contributed by atoms with Crippen LogP contribution < -0.4 is 5.32 Å². The van der Waals surface area contributed by atoms with Crippen molar-refractivity contribution in [3.8, 4) is 0 Å². The van der Waals surface area contributed by atoms with E-state index in [2.05, 4.69) is 5.32 Å². The molecule has 2 aromatic rings. The van der Waals surface area contributed by atoms with Crippen molar-refractivity contribution in [2.75, 3.05) is 6.54 Å². The zero-order valence-corrected chi connectivity index (χ0v) is 14.9. The molecule has 1 unspecified atom stereocenters. The molecule has 0 aromatic heterocycles. The van der Waals surface area contributed by atoms with E-state index in [0.717, 1.165) is 5.56 Å². The van der Waals surface area contributed by atoms with Gasteiger partial charge in [0.05, 0.1) is 6.54 Å². The predicted molar refractivity (Wildman–Crippen MR) is 95.4 cm³/mol. The average molecular weight is 391 g/mol. The van der Waals surface area contributed by atoms with Gasteiger partial charge in [-0.15, -0.1) is 0 Å². The third kappa shape index (κ3) is 2.68. The van der Waals surface area contributed by atoms with Gasteiger partial charge in [-0.05, 0) is 41.5 Å². The van der Waals surface area contributed by atoms with Crippen LogP contribution in [0.1, 0.15) is 21.5 Å². The van der Waals surface area contributed by atoms with Crippen molar-refractivity contribution < 1.29 is 18.8 Å². The quantitative estimate of drug-likeness (QED) is 0.873. The fourth-order valence-corrected chi connectivity index (χ4v) is 4.30. The largest absolute Gasteiger partial charge is 0.331 e. The summed E-state index contributed by atoms with van der Waals surface area (Å²) in [5, 5.41) is 2.28. The Bertz CT molecular complexity index is 950. The van der Waals surface area contributed by atoms with Crippen LogP contribution in [0.5, 0.6) is 0 Å². The van der Waals surface area contributed by atoms with Gasteiger partial charge >= 0.3 is 0 Å². The van der Waals surface area contributed by atoms with Crippen molar-refractivity contribution in [3.63, 3.8) is 0 Å². The first kappa shape index (κ1) is 17.1. The van der Waals surface area contributed by atoms with E-state index in [1.165, 1.54) is 29.2 Å². The molecule has 8 heteroatoms. The Labute approximate surface area is 157 Å². The zero-order chi connectivity index (χ0) is 18.5. The number of rotatable bonds is 3. The molecule has 132 valence electrons.